The van der Waals surface area contributed by atoms with Gasteiger partial charge in [0.1, 0.15) is 5.69 Å². The Morgan fingerprint density at radius 1 is 1.03 bits per heavy atom. The van der Waals surface area contributed by atoms with Crippen LogP contribution in [0.15, 0.2) is 58.3 Å². The number of carbonyl (C=O) groups excluding carboxylic acids is 2. The van der Waals surface area contributed by atoms with Crippen LogP contribution >= 0.6 is 11.3 Å². The molecule has 4 N–H and O–H groups in total. The zero-order valence-corrected chi connectivity index (χ0v) is 20.4. The molecule has 0 radical (unpaired) electrons. The summed E-state index contributed by atoms with van der Waals surface area (Å²) in [5.41, 5.74) is 7.29. The van der Waals surface area contributed by atoms with Crippen LogP contribution in [0, 0.1) is 0 Å². The Hall–Kier alpha value is -2.88. The van der Waals surface area contributed by atoms with Gasteiger partial charge in [0.15, 0.2) is 15.3 Å². The fraction of sp³-hybridized carbons (Fsp3) is 0.261. The second-order valence-corrected chi connectivity index (χ2v) is 9.78. The molecule has 0 saturated heterocycles. The van der Waals surface area contributed by atoms with Gasteiger partial charge >= 0.3 is 0 Å². The molecule has 1 atom stereocenters. The van der Waals surface area contributed by atoms with Crippen molar-refractivity contribution in [1.29, 1.82) is 0 Å². The molecule has 3 rings (SSSR count). The number of rotatable bonds is 6. The topological polar surface area (TPSA) is 114 Å². The van der Waals surface area contributed by atoms with Crippen LogP contribution in [0.5, 0.6) is 0 Å². The maximum Gasteiger partial charge on any atom is 0.275 e. The van der Waals surface area contributed by atoms with E-state index in [0.29, 0.717) is 9.90 Å². The molecule has 170 valence electrons. The number of amides is 2. The number of carbonyl (C=O) groups is 2. The van der Waals surface area contributed by atoms with Crippen LogP contribution in [-0.2, 0) is 11.0 Å². The molecule has 2 amide bonds. The summed E-state index contributed by atoms with van der Waals surface area (Å²) in [5, 5.41) is 4.23. The average molecular weight is 473 g/mol. The van der Waals surface area contributed by atoms with E-state index in [1.807, 2.05) is 65.0 Å². The van der Waals surface area contributed by atoms with E-state index >= 15 is 0 Å². The van der Waals surface area contributed by atoms with Gasteiger partial charge < -0.3 is 11.1 Å². The zero-order valence-electron chi connectivity index (χ0n) is 18.8. The molecule has 2 aromatic carbocycles. The van der Waals surface area contributed by atoms with E-state index in [9.17, 15) is 13.8 Å². The highest BCUT2D eigenvalue weighted by atomic mass is 32.2. The lowest BCUT2D eigenvalue weighted by Crippen LogP contribution is -2.37. The van der Waals surface area contributed by atoms with Gasteiger partial charge in [-0.05, 0) is 38.0 Å². The maximum atomic E-state index is 12.7. The first-order chi connectivity index (χ1) is 15.2. The summed E-state index contributed by atoms with van der Waals surface area (Å²) in [7, 11) is -1.53. The number of nitrogens with one attached hydrogen (secondary N) is 2. The van der Waals surface area contributed by atoms with E-state index < -0.39 is 22.8 Å². The van der Waals surface area contributed by atoms with Crippen molar-refractivity contribution in [2.45, 2.75) is 44.5 Å². The van der Waals surface area contributed by atoms with Crippen LogP contribution in [0.4, 0.5) is 5.69 Å². The van der Waals surface area contributed by atoms with Crippen LogP contribution in [-0.4, -0.2) is 26.5 Å². The van der Waals surface area contributed by atoms with Crippen LogP contribution in [0.1, 0.15) is 55.5 Å². The molecule has 0 aliphatic rings. The van der Waals surface area contributed by atoms with Gasteiger partial charge in [-0.2, -0.15) is 0 Å². The number of hydrogen-bond donors (Lipinski definition) is 3. The molecule has 0 fully saturated rings. The third-order valence-corrected chi connectivity index (χ3v) is 6.50. The molecule has 1 unspecified atom stereocenters. The first-order valence-corrected chi connectivity index (χ1v) is 12.1. The van der Waals surface area contributed by atoms with Gasteiger partial charge in [-0.3, -0.25) is 9.59 Å². The molecule has 0 bridgehead atoms. The van der Waals surface area contributed by atoms with E-state index in [2.05, 4.69) is 15.0 Å². The van der Waals surface area contributed by atoms with E-state index in [-0.39, 0.29) is 22.5 Å². The van der Waals surface area contributed by atoms with Crippen molar-refractivity contribution in [2.75, 3.05) is 5.32 Å². The molecule has 7 nitrogen and oxygen atoms in total. The van der Waals surface area contributed by atoms with Crippen LogP contribution in [0.2, 0.25) is 0 Å². The molecule has 1 heterocycles. The van der Waals surface area contributed by atoms with Crippen LogP contribution in [0.3, 0.4) is 0 Å². The quantitative estimate of drug-likeness (QED) is 0.486. The van der Waals surface area contributed by atoms with Gasteiger partial charge in [-0.15, -0.1) is 11.3 Å². The van der Waals surface area contributed by atoms with E-state index in [0.717, 1.165) is 16.9 Å². The summed E-state index contributed by atoms with van der Waals surface area (Å²) in [5.74, 6) is -1.17. The summed E-state index contributed by atoms with van der Waals surface area (Å²) in [6.45, 7) is 9.66. The first kappa shape index (κ1) is 25.4. The second-order valence-electron chi connectivity index (χ2n) is 7.53. The lowest BCUT2D eigenvalue weighted by atomic mass is 9.97. The van der Waals surface area contributed by atoms with Crippen LogP contribution in [0.25, 0.3) is 11.1 Å². The fourth-order valence-electron chi connectivity index (χ4n) is 2.74. The van der Waals surface area contributed by atoms with Crippen LogP contribution < -0.4 is 15.8 Å². The van der Waals surface area contributed by atoms with E-state index in [1.54, 1.807) is 18.2 Å². The van der Waals surface area contributed by atoms with Gasteiger partial charge in [0, 0.05) is 10.9 Å². The van der Waals surface area contributed by atoms with E-state index in [1.165, 1.54) is 5.38 Å². The number of anilines is 1. The molecule has 1 aromatic heterocycles. The first-order valence-electron chi connectivity index (χ1n) is 10.1. The van der Waals surface area contributed by atoms with Gasteiger partial charge in [0.2, 0.25) is 0 Å². The van der Waals surface area contributed by atoms with Gasteiger partial charge in [0.25, 0.3) is 11.8 Å². The number of primary amides is 1. The average Bonchev–Trinajstić information content (AvgIpc) is 3.25. The van der Waals surface area contributed by atoms with Crippen molar-refractivity contribution >= 4 is 39.8 Å². The minimum absolute atomic E-state index is 0.111. The third-order valence-electron chi connectivity index (χ3n) is 3.92. The Labute approximate surface area is 195 Å². The Bertz CT molecular complexity index is 1110. The van der Waals surface area contributed by atoms with Gasteiger partial charge in [0.05, 0.1) is 11.3 Å². The van der Waals surface area contributed by atoms with Crippen molar-refractivity contribution in [3.05, 3.63) is 65.2 Å². The summed E-state index contributed by atoms with van der Waals surface area (Å²) in [6.07, 6.45) is 0. The number of aromatic nitrogens is 1. The highest BCUT2D eigenvalue weighted by Crippen LogP contribution is 2.29. The molecule has 0 saturated carbocycles. The molecule has 3 aromatic rings. The van der Waals surface area contributed by atoms with Crippen molar-refractivity contribution in [3.8, 4) is 11.1 Å². The number of nitrogens with two attached hydrogens (primary N) is 1. The highest BCUT2D eigenvalue weighted by Gasteiger charge is 2.21. The molecular formula is C23H28N4O3S2. The van der Waals surface area contributed by atoms with Gasteiger partial charge in [-0.1, -0.05) is 56.3 Å². The third kappa shape index (κ3) is 6.56. The lowest BCUT2D eigenvalue weighted by Gasteiger charge is -2.18. The maximum absolute atomic E-state index is 12.7. The predicted molar refractivity (Wildman–Crippen MR) is 131 cm³/mol. The Morgan fingerprint density at radius 2 is 1.69 bits per heavy atom. The number of benzene rings is 2. The Balaban J connectivity index is 0.00000176. The number of nitrogens with zero attached hydrogens (tertiary/aromatic N) is 1. The summed E-state index contributed by atoms with van der Waals surface area (Å²) in [4.78, 5) is 29.1. The largest absolute Gasteiger partial charge is 0.366 e. The van der Waals surface area contributed by atoms with Crippen molar-refractivity contribution in [1.82, 2.24) is 9.71 Å². The molecule has 9 heteroatoms. The zero-order chi connectivity index (χ0) is 23.9. The normalized spacial score (nSPS) is 11.8. The standard InChI is InChI=1S/C21H22N4O3S2.C2H6/c1-21(2,3)25-30(28)20-24-16(12-29-20)19(27)23-15-11-7-10-14(17(15)18(22)26)13-8-5-4-6-9-13;1-2/h4-12,25H,1-3H3,(H2,22,26)(H,23,27);1-2H3. The number of hydrogen-bond acceptors (Lipinski definition) is 5. The Kier molecular flexibility index (Phi) is 8.82. The lowest BCUT2D eigenvalue weighted by molar-refractivity contribution is 0.100. The number of thiazole rings is 1. The predicted octanol–water partition coefficient (Wildman–Crippen LogP) is 4.60. The minimum Gasteiger partial charge on any atom is -0.366 e. The van der Waals surface area contributed by atoms with Crippen molar-refractivity contribution < 1.29 is 13.8 Å². The Morgan fingerprint density at radius 3 is 2.28 bits per heavy atom. The smallest absolute Gasteiger partial charge is 0.275 e. The van der Waals surface area contributed by atoms with Gasteiger partial charge in [-0.25, -0.2) is 13.9 Å². The summed E-state index contributed by atoms with van der Waals surface area (Å²) >= 11 is 1.12. The molecule has 0 aliphatic heterocycles. The highest BCUT2D eigenvalue weighted by molar-refractivity contribution is 7.85. The second kappa shape index (κ2) is 11.1. The summed E-state index contributed by atoms with van der Waals surface area (Å²) in [6, 6.07) is 14.4. The molecule has 32 heavy (non-hydrogen) atoms. The van der Waals surface area contributed by atoms with E-state index in [4.69, 9.17) is 5.73 Å². The molecule has 0 aliphatic carbocycles. The fourth-order valence-corrected chi connectivity index (χ4v) is 4.70. The summed E-state index contributed by atoms with van der Waals surface area (Å²) < 4.78 is 15.6. The minimum atomic E-state index is -1.53. The molecular weight excluding hydrogens is 444 g/mol. The monoisotopic (exact) mass is 472 g/mol. The van der Waals surface area contributed by atoms with Crippen molar-refractivity contribution in [2.24, 2.45) is 5.73 Å². The SMILES string of the molecule is CC.CC(C)(C)NS(=O)c1nc(C(=O)Nc2cccc(-c3ccccc3)c2C(N)=O)cs1. The molecule has 0 spiro atoms. The van der Waals surface area contributed by atoms with Crippen molar-refractivity contribution in [3.63, 3.8) is 0 Å².